The Balaban J connectivity index is 1.89. The number of rotatable bonds is 7. The molecule has 2 amide bonds. The molecule has 0 saturated carbocycles. The topological polar surface area (TPSA) is 122 Å². The number of nitrogens with zero attached hydrogens (tertiary/aromatic N) is 5. The summed E-state index contributed by atoms with van der Waals surface area (Å²) in [6, 6.07) is 2.14. The van der Waals surface area contributed by atoms with Gasteiger partial charge in [0.25, 0.3) is 0 Å². The molecule has 0 spiro atoms. The van der Waals surface area contributed by atoms with E-state index >= 15 is 8.78 Å². The van der Waals surface area contributed by atoms with Crippen LogP contribution in [0.15, 0.2) is 41.4 Å². The van der Waals surface area contributed by atoms with Gasteiger partial charge in [-0.1, -0.05) is 0 Å². The molecule has 36 heavy (non-hydrogen) atoms. The van der Waals surface area contributed by atoms with E-state index in [-0.39, 0.29) is 24.6 Å². The Bertz CT molecular complexity index is 1320. The van der Waals surface area contributed by atoms with Gasteiger partial charge in [-0.15, -0.1) is 0 Å². The lowest BCUT2D eigenvalue weighted by Gasteiger charge is -2.37. The Hall–Kier alpha value is -4.48. The zero-order valence-corrected chi connectivity index (χ0v) is 20.2. The van der Waals surface area contributed by atoms with Crippen LogP contribution in [0, 0.1) is 11.6 Å². The maximum atomic E-state index is 15.3. The quantitative estimate of drug-likeness (QED) is 0.481. The molecule has 1 aliphatic heterocycles. The van der Waals surface area contributed by atoms with Crippen molar-refractivity contribution in [1.82, 2.24) is 15.2 Å². The van der Waals surface area contributed by atoms with Crippen LogP contribution in [0.5, 0.6) is 11.5 Å². The molecule has 0 radical (unpaired) electrons. The number of aromatic nitrogens is 3. The van der Waals surface area contributed by atoms with Crippen molar-refractivity contribution >= 4 is 29.2 Å². The zero-order valence-electron chi connectivity index (χ0n) is 20.2. The maximum absolute atomic E-state index is 15.3. The number of urea groups is 1. The highest BCUT2D eigenvalue weighted by Crippen LogP contribution is 2.41. The van der Waals surface area contributed by atoms with Crippen molar-refractivity contribution in [3.8, 4) is 11.5 Å². The monoisotopic (exact) mass is 497 g/mol. The van der Waals surface area contributed by atoms with Gasteiger partial charge >= 0.3 is 6.03 Å². The van der Waals surface area contributed by atoms with Crippen molar-refractivity contribution in [1.29, 1.82) is 0 Å². The van der Waals surface area contributed by atoms with Crippen LogP contribution in [0.3, 0.4) is 0 Å². The van der Waals surface area contributed by atoms with Gasteiger partial charge in [0.05, 0.1) is 44.9 Å². The van der Waals surface area contributed by atoms with Crippen LogP contribution in [0.1, 0.15) is 23.7 Å². The molecule has 0 unspecified atom stereocenters. The summed E-state index contributed by atoms with van der Waals surface area (Å²) in [4.78, 5) is 24.7. The Morgan fingerprint density at radius 2 is 1.92 bits per heavy atom. The third-order valence-electron chi connectivity index (χ3n) is 5.72. The molecular weight excluding hydrogens is 472 g/mol. The van der Waals surface area contributed by atoms with E-state index in [0.29, 0.717) is 33.8 Å². The van der Waals surface area contributed by atoms with Crippen molar-refractivity contribution in [2.75, 3.05) is 31.1 Å². The summed E-state index contributed by atoms with van der Waals surface area (Å²) >= 11 is 0. The fourth-order valence-electron chi connectivity index (χ4n) is 3.96. The van der Waals surface area contributed by atoms with Crippen molar-refractivity contribution in [2.24, 2.45) is 10.7 Å². The Kier molecular flexibility index (Phi) is 6.86. The summed E-state index contributed by atoms with van der Waals surface area (Å²) in [5.41, 5.74) is 8.78. The van der Waals surface area contributed by atoms with E-state index in [1.54, 1.807) is 44.8 Å². The highest BCUT2D eigenvalue weighted by Gasteiger charge is 2.37. The average Bonchev–Trinajstić information content (AvgIpc) is 3.38. The number of methoxy groups -OCH3 is 2. The second-order valence-corrected chi connectivity index (χ2v) is 8.00. The largest absolute Gasteiger partial charge is 0.493 e. The number of nitrogens with one attached hydrogen (secondary N) is 1. The number of hydrogen-bond acceptors (Lipinski definition) is 7. The number of nitrogens with two attached hydrogens (primary N) is 1. The lowest BCUT2D eigenvalue weighted by atomic mass is 10.0. The summed E-state index contributed by atoms with van der Waals surface area (Å²) in [6.07, 6.45) is 6.31. The molecule has 0 aliphatic carbocycles. The first-order valence-corrected chi connectivity index (χ1v) is 10.8. The van der Waals surface area contributed by atoms with Gasteiger partial charge in [0, 0.05) is 54.1 Å². The summed E-state index contributed by atoms with van der Waals surface area (Å²) in [5, 5.41) is 6.63. The number of amides is 2. The summed E-state index contributed by atoms with van der Waals surface area (Å²) in [7, 11) is 4.10. The third-order valence-corrected chi connectivity index (χ3v) is 5.72. The first kappa shape index (κ1) is 24.6. The van der Waals surface area contributed by atoms with E-state index in [0.717, 1.165) is 11.0 Å². The number of aliphatic imine (C=N–C) groups is 1. The molecule has 4 rings (SSSR count). The van der Waals surface area contributed by atoms with Crippen LogP contribution in [0.2, 0.25) is 0 Å². The summed E-state index contributed by atoms with van der Waals surface area (Å²) in [5.74, 6) is -2.57. The van der Waals surface area contributed by atoms with Gasteiger partial charge in [0.1, 0.15) is 5.69 Å². The third kappa shape index (κ3) is 4.32. The van der Waals surface area contributed by atoms with Crippen LogP contribution in [0.4, 0.5) is 25.0 Å². The molecule has 2 aromatic heterocycles. The van der Waals surface area contributed by atoms with Crippen LogP contribution in [0.25, 0.3) is 5.57 Å². The second-order valence-electron chi connectivity index (χ2n) is 8.00. The lowest BCUT2D eigenvalue weighted by molar-refractivity contribution is 0.249. The Labute approximate surface area is 206 Å². The number of halogens is 2. The van der Waals surface area contributed by atoms with Gasteiger partial charge in [0.2, 0.25) is 0 Å². The van der Waals surface area contributed by atoms with E-state index in [4.69, 9.17) is 15.2 Å². The van der Waals surface area contributed by atoms with Crippen LogP contribution >= 0.6 is 0 Å². The molecule has 0 bridgehead atoms. The molecule has 1 aliphatic rings. The number of carbonyl (C=O) groups is 1. The number of pyridine rings is 1. The summed E-state index contributed by atoms with van der Waals surface area (Å²) in [6.45, 7) is 1.65. The number of H-pyrrole nitrogens is 1. The molecular formula is C24H25F2N7O3. The fourth-order valence-corrected chi connectivity index (χ4v) is 3.96. The van der Waals surface area contributed by atoms with E-state index in [1.807, 2.05) is 0 Å². The second kappa shape index (κ2) is 10.0. The Morgan fingerprint density at radius 3 is 2.47 bits per heavy atom. The first-order valence-electron chi connectivity index (χ1n) is 10.8. The molecule has 0 atom stereocenters. The normalized spacial score (nSPS) is 14.2. The molecule has 0 fully saturated rings. The van der Waals surface area contributed by atoms with Gasteiger partial charge in [-0.3, -0.25) is 24.9 Å². The molecule has 12 heteroatoms. The number of allylic oxidation sites excluding steroid dienone is 2. The van der Waals surface area contributed by atoms with E-state index in [2.05, 4.69) is 20.2 Å². The number of fused-ring (bicyclic) bond motifs is 1. The van der Waals surface area contributed by atoms with Gasteiger partial charge in [-0.2, -0.15) is 5.10 Å². The number of aromatic amines is 1. The van der Waals surface area contributed by atoms with Crippen LogP contribution in [-0.4, -0.2) is 48.7 Å². The highest BCUT2D eigenvalue weighted by atomic mass is 19.1. The van der Waals surface area contributed by atoms with Gasteiger partial charge < -0.3 is 15.2 Å². The number of anilines is 2. The minimum Gasteiger partial charge on any atom is -0.493 e. The molecule has 10 nitrogen and oxygen atoms in total. The number of carbonyl (C=O) groups excluding carboxylic acids is 1. The van der Waals surface area contributed by atoms with Crippen molar-refractivity contribution in [3.05, 3.63) is 64.9 Å². The zero-order chi connectivity index (χ0) is 26.0. The SMILES string of the molecule is CN=CC(=C(C)N)c1cc2c(cn1)CN(c1c(F)c(OC)cc(OC)c1F)C(=O)N2Cc1cn[nH]c1. The number of ether oxygens (including phenoxy) is 2. The number of hydrogen-bond donors (Lipinski definition) is 2. The highest BCUT2D eigenvalue weighted by molar-refractivity contribution is 6.11. The molecule has 0 saturated heterocycles. The smallest absolute Gasteiger partial charge is 0.329 e. The minimum atomic E-state index is -1.02. The Morgan fingerprint density at radius 1 is 1.22 bits per heavy atom. The maximum Gasteiger partial charge on any atom is 0.329 e. The van der Waals surface area contributed by atoms with Crippen molar-refractivity contribution in [3.63, 3.8) is 0 Å². The molecule has 1 aromatic carbocycles. The van der Waals surface area contributed by atoms with Crippen molar-refractivity contribution in [2.45, 2.75) is 20.0 Å². The van der Waals surface area contributed by atoms with Gasteiger partial charge in [-0.25, -0.2) is 13.6 Å². The van der Waals surface area contributed by atoms with Crippen LogP contribution < -0.4 is 25.0 Å². The predicted molar refractivity (Wildman–Crippen MR) is 131 cm³/mol. The first-order chi connectivity index (χ1) is 17.3. The molecule has 3 aromatic rings. The van der Waals surface area contributed by atoms with Gasteiger partial charge in [0.15, 0.2) is 23.1 Å². The fraction of sp³-hybridized carbons (Fsp3) is 0.250. The molecule has 3 heterocycles. The number of benzene rings is 1. The minimum absolute atomic E-state index is 0.0785. The molecule has 3 N–H and O–H groups in total. The predicted octanol–water partition coefficient (Wildman–Crippen LogP) is 3.64. The lowest BCUT2D eigenvalue weighted by Crippen LogP contribution is -2.47. The van der Waals surface area contributed by atoms with Gasteiger partial charge in [-0.05, 0) is 13.0 Å². The standard InChI is InChI=1S/C24H25F2N7O3/c1-13(27)16(10-28-2)17-5-18-15(9-29-17)12-33(24(34)32(18)11-14-7-30-31-8-14)23-21(25)19(35-3)6-20(36-4)22(23)26/h5-10H,11-12,27H2,1-4H3,(H,30,31). The van der Waals surface area contributed by atoms with E-state index in [1.165, 1.54) is 19.1 Å². The van der Waals surface area contributed by atoms with Crippen molar-refractivity contribution < 1.29 is 23.0 Å². The average molecular weight is 498 g/mol. The van der Waals surface area contributed by atoms with E-state index in [9.17, 15) is 4.79 Å². The van der Waals surface area contributed by atoms with Crippen LogP contribution in [-0.2, 0) is 13.1 Å². The summed E-state index contributed by atoms with van der Waals surface area (Å²) < 4.78 is 40.8. The van der Waals surface area contributed by atoms with E-state index < -0.39 is 23.4 Å². The molecule has 188 valence electrons.